The van der Waals surface area contributed by atoms with E-state index < -0.39 is 0 Å². The van der Waals surface area contributed by atoms with E-state index >= 15 is 0 Å². The van der Waals surface area contributed by atoms with Gasteiger partial charge >= 0.3 is 0 Å². The number of hydrogen-bond donors (Lipinski definition) is 0. The number of rotatable bonds is 7. The zero-order chi connectivity index (χ0) is 24.0. The molecule has 5 aromatic rings. The van der Waals surface area contributed by atoms with E-state index in [1.807, 2.05) is 0 Å². The number of hydrogen-bond acceptors (Lipinski definition) is 1. The minimum absolute atomic E-state index is 0.327. The van der Waals surface area contributed by atoms with Crippen LogP contribution in [0.5, 0.6) is 0 Å². The maximum atomic E-state index is 2.33. The molecule has 0 saturated heterocycles. The average Bonchev–Trinajstić information content (AvgIpc) is 2.91. The third kappa shape index (κ3) is 5.36. The van der Waals surface area contributed by atoms with Crippen LogP contribution in [0, 0.1) is 13.8 Å². The lowest BCUT2D eigenvalue weighted by molar-refractivity contribution is 0.805. The average molecular weight is 454 g/mol. The van der Waals surface area contributed by atoms with Gasteiger partial charge in [0.15, 0.2) is 0 Å². The van der Waals surface area contributed by atoms with Gasteiger partial charge < -0.3 is 4.90 Å². The summed E-state index contributed by atoms with van der Waals surface area (Å²) in [6.07, 6.45) is 0.962. The predicted octanol–water partition coefficient (Wildman–Crippen LogP) is 9.15. The molecule has 0 aliphatic heterocycles. The summed E-state index contributed by atoms with van der Waals surface area (Å²) in [4.78, 5) is 2.33. The minimum atomic E-state index is 0.327. The molecule has 0 N–H and O–H groups in total. The first kappa shape index (κ1) is 22.7. The van der Waals surface area contributed by atoms with Gasteiger partial charge in [-0.3, -0.25) is 0 Å². The Balaban J connectivity index is 1.47. The Bertz CT molecular complexity index is 1250. The third-order valence-corrected chi connectivity index (χ3v) is 6.62. The van der Waals surface area contributed by atoms with Crippen LogP contribution in [0.4, 0.5) is 17.1 Å². The monoisotopic (exact) mass is 453 g/mol. The lowest BCUT2D eigenvalue weighted by atomic mass is 9.86. The molecule has 0 saturated carbocycles. The van der Waals surface area contributed by atoms with Crippen LogP contribution in [0.25, 0.3) is 0 Å². The fourth-order valence-electron chi connectivity index (χ4n) is 4.65. The van der Waals surface area contributed by atoms with Crippen molar-refractivity contribution in [1.29, 1.82) is 0 Å². The molecular formula is C34H31N. The topological polar surface area (TPSA) is 3.24 Å². The molecule has 0 atom stereocenters. The molecule has 0 unspecified atom stereocenters. The van der Waals surface area contributed by atoms with Crippen molar-refractivity contribution in [3.63, 3.8) is 0 Å². The Morgan fingerprint density at radius 2 is 0.829 bits per heavy atom. The van der Waals surface area contributed by atoms with Crippen molar-refractivity contribution >= 4 is 17.1 Å². The molecule has 1 heteroatoms. The molecule has 0 fully saturated rings. The number of aryl methyl sites for hydroxylation is 2. The summed E-state index contributed by atoms with van der Waals surface area (Å²) in [6, 6.07) is 48.2. The summed E-state index contributed by atoms with van der Waals surface area (Å²) in [5.41, 5.74) is 10.1. The smallest absolute Gasteiger partial charge is 0.0461 e. The van der Waals surface area contributed by atoms with E-state index in [2.05, 4.69) is 152 Å². The maximum absolute atomic E-state index is 2.33. The Morgan fingerprint density at radius 3 is 1.23 bits per heavy atom. The highest BCUT2D eigenvalue weighted by molar-refractivity contribution is 5.76. The van der Waals surface area contributed by atoms with Gasteiger partial charge in [-0.2, -0.15) is 0 Å². The normalized spacial score (nSPS) is 10.9. The lowest BCUT2D eigenvalue weighted by Gasteiger charge is -2.26. The van der Waals surface area contributed by atoms with Crippen molar-refractivity contribution in [2.75, 3.05) is 4.90 Å². The van der Waals surface area contributed by atoms with Crippen molar-refractivity contribution < 1.29 is 0 Å². The van der Waals surface area contributed by atoms with Gasteiger partial charge in [0.25, 0.3) is 0 Å². The van der Waals surface area contributed by atoms with Crippen LogP contribution in [0.3, 0.4) is 0 Å². The second-order valence-corrected chi connectivity index (χ2v) is 9.25. The molecule has 1 nitrogen and oxygen atoms in total. The summed E-state index contributed by atoms with van der Waals surface area (Å²) >= 11 is 0. The molecule has 0 radical (unpaired) electrons. The van der Waals surface area contributed by atoms with Crippen molar-refractivity contribution in [3.8, 4) is 0 Å². The van der Waals surface area contributed by atoms with Crippen molar-refractivity contribution in [1.82, 2.24) is 0 Å². The van der Waals surface area contributed by atoms with Gasteiger partial charge in [-0.15, -0.1) is 0 Å². The third-order valence-electron chi connectivity index (χ3n) is 6.62. The predicted molar refractivity (Wildman–Crippen MR) is 149 cm³/mol. The second-order valence-electron chi connectivity index (χ2n) is 9.25. The zero-order valence-electron chi connectivity index (χ0n) is 20.4. The SMILES string of the molecule is Cc1ccc(N(c2ccc(C)cc2)c2ccc(CC(c3ccccc3)c3ccccc3)cc2)cc1. The van der Waals surface area contributed by atoms with Crippen LogP contribution in [-0.4, -0.2) is 0 Å². The first-order valence-corrected chi connectivity index (χ1v) is 12.3. The van der Waals surface area contributed by atoms with Gasteiger partial charge in [0.2, 0.25) is 0 Å². The Morgan fingerprint density at radius 1 is 0.457 bits per heavy atom. The van der Waals surface area contributed by atoms with Crippen LogP contribution in [0.2, 0.25) is 0 Å². The second kappa shape index (κ2) is 10.4. The summed E-state index contributed by atoms with van der Waals surface area (Å²) in [7, 11) is 0. The van der Waals surface area contributed by atoms with Gasteiger partial charge in [-0.05, 0) is 73.4 Å². The molecule has 172 valence electrons. The lowest BCUT2D eigenvalue weighted by Crippen LogP contribution is -2.10. The number of benzene rings is 5. The largest absolute Gasteiger partial charge is 0.311 e. The molecule has 0 bridgehead atoms. The van der Waals surface area contributed by atoms with Gasteiger partial charge in [-0.1, -0.05) is 108 Å². The molecule has 0 aromatic heterocycles. The van der Waals surface area contributed by atoms with Crippen LogP contribution >= 0.6 is 0 Å². The molecule has 0 heterocycles. The minimum Gasteiger partial charge on any atom is -0.311 e. The maximum Gasteiger partial charge on any atom is 0.0461 e. The van der Waals surface area contributed by atoms with E-state index in [4.69, 9.17) is 0 Å². The Hall–Kier alpha value is -4.10. The first-order valence-electron chi connectivity index (χ1n) is 12.3. The van der Waals surface area contributed by atoms with E-state index in [0.29, 0.717) is 5.92 Å². The number of anilines is 3. The number of nitrogens with zero attached hydrogens (tertiary/aromatic N) is 1. The Labute approximate surface area is 209 Å². The van der Waals surface area contributed by atoms with Crippen molar-refractivity contribution in [2.24, 2.45) is 0 Å². The fraction of sp³-hybridized carbons (Fsp3) is 0.118. The summed E-state index contributed by atoms with van der Waals surface area (Å²) in [6.45, 7) is 4.26. The standard InChI is InChI=1S/C34H31N/c1-26-13-19-31(20-14-26)35(32-21-15-27(2)16-22-32)33-23-17-28(18-24-33)25-34(29-9-5-3-6-10-29)30-11-7-4-8-12-30/h3-24,34H,25H2,1-2H3. The van der Waals surface area contributed by atoms with Gasteiger partial charge in [0.05, 0.1) is 0 Å². The van der Waals surface area contributed by atoms with Crippen LogP contribution in [0.1, 0.15) is 33.7 Å². The van der Waals surface area contributed by atoms with E-state index in [-0.39, 0.29) is 0 Å². The van der Waals surface area contributed by atoms with Crippen LogP contribution in [0.15, 0.2) is 133 Å². The fourth-order valence-corrected chi connectivity index (χ4v) is 4.65. The van der Waals surface area contributed by atoms with Crippen molar-refractivity contribution in [2.45, 2.75) is 26.2 Å². The highest BCUT2D eigenvalue weighted by Gasteiger charge is 2.16. The summed E-state index contributed by atoms with van der Waals surface area (Å²) in [5, 5.41) is 0. The molecule has 5 aromatic carbocycles. The molecular weight excluding hydrogens is 422 g/mol. The highest BCUT2D eigenvalue weighted by Crippen LogP contribution is 2.36. The van der Waals surface area contributed by atoms with E-state index in [1.165, 1.54) is 39.2 Å². The van der Waals surface area contributed by atoms with Crippen LogP contribution in [-0.2, 0) is 6.42 Å². The van der Waals surface area contributed by atoms with Crippen LogP contribution < -0.4 is 4.90 Å². The van der Waals surface area contributed by atoms with Gasteiger partial charge in [0, 0.05) is 23.0 Å². The van der Waals surface area contributed by atoms with Crippen molar-refractivity contribution in [3.05, 3.63) is 161 Å². The van der Waals surface area contributed by atoms with E-state index in [9.17, 15) is 0 Å². The molecule has 0 aliphatic carbocycles. The first-order chi connectivity index (χ1) is 17.2. The van der Waals surface area contributed by atoms with Gasteiger partial charge in [0.1, 0.15) is 0 Å². The summed E-state index contributed by atoms with van der Waals surface area (Å²) in [5.74, 6) is 0.327. The molecule has 5 rings (SSSR count). The zero-order valence-corrected chi connectivity index (χ0v) is 20.4. The molecule has 0 spiro atoms. The summed E-state index contributed by atoms with van der Waals surface area (Å²) < 4.78 is 0. The van der Waals surface area contributed by atoms with Gasteiger partial charge in [-0.25, -0.2) is 0 Å². The van der Waals surface area contributed by atoms with E-state index in [1.54, 1.807) is 0 Å². The quantitative estimate of drug-likeness (QED) is 0.237. The Kier molecular flexibility index (Phi) is 6.77. The molecule has 35 heavy (non-hydrogen) atoms. The highest BCUT2D eigenvalue weighted by atomic mass is 15.1. The molecule has 0 aliphatic rings. The molecule has 0 amide bonds. The van der Waals surface area contributed by atoms with E-state index in [0.717, 1.165) is 12.1 Å².